The van der Waals surface area contributed by atoms with E-state index in [-0.39, 0.29) is 0 Å². The predicted molar refractivity (Wildman–Crippen MR) is 186 cm³/mol. The van der Waals surface area contributed by atoms with Gasteiger partial charge in [-0.05, 0) is 57.9 Å². The number of hydrogen-bond donors (Lipinski definition) is 0. The van der Waals surface area contributed by atoms with Gasteiger partial charge >= 0.3 is 0 Å². The molecule has 0 spiro atoms. The van der Waals surface area contributed by atoms with Gasteiger partial charge in [-0.1, -0.05) is 103 Å². The van der Waals surface area contributed by atoms with E-state index >= 15 is 0 Å². The number of para-hydroxylation sites is 1. The monoisotopic (exact) mass is 589 g/mol. The molecule has 0 bridgehead atoms. The Labute approximate surface area is 262 Å². The lowest BCUT2D eigenvalue weighted by Gasteiger charge is -2.10. The number of rotatable bonds is 3. The molecule has 0 aliphatic heterocycles. The summed E-state index contributed by atoms with van der Waals surface area (Å²) in [5.74, 6) is 1.77. The van der Waals surface area contributed by atoms with Crippen LogP contribution in [0.5, 0.6) is 0 Å². The van der Waals surface area contributed by atoms with E-state index in [1.807, 2.05) is 48.5 Å². The first-order valence-corrected chi connectivity index (χ1v) is 15.3. The van der Waals surface area contributed by atoms with Gasteiger partial charge in [-0.2, -0.15) is 0 Å². The molecule has 0 radical (unpaired) electrons. The average molecular weight is 590 g/mol. The van der Waals surface area contributed by atoms with Crippen LogP contribution >= 0.6 is 0 Å². The quantitative estimate of drug-likeness (QED) is 0.205. The lowest BCUT2D eigenvalue weighted by molar-refractivity contribution is 0.669. The SMILES string of the molecule is c1ccc2cc(-c3nc(-c4cccc5oc6ccccc6c45)nc(-c4cccc5oc6cc7ccccc7cc6c45)n3)ccc2c1. The Balaban J connectivity index is 1.28. The third kappa shape index (κ3) is 3.79. The molecule has 46 heavy (non-hydrogen) atoms. The molecular weight excluding hydrogens is 566 g/mol. The first-order valence-electron chi connectivity index (χ1n) is 15.3. The summed E-state index contributed by atoms with van der Waals surface area (Å²) < 4.78 is 12.7. The van der Waals surface area contributed by atoms with Crippen LogP contribution in [0.25, 0.3) is 99.6 Å². The van der Waals surface area contributed by atoms with E-state index in [1.54, 1.807) is 0 Å². The van der Waals surface area contributed by atoms with E-state index in [1.165, 1.54) is 0 Å². The molecule has 10 rings (SSSR count). The number of benzene rings is 7. The van der Waals surface area contributed by atoms with Crippen LogP contribution in [0.4, 0.5) is 0 Å². The zero-order valence-corrected chi connectivity index (χ0v) is 24.4. The fourth-order valence-corrected chi connectivity index (χ4v) is 6.73. The van der Waals surface area contributed by atoms with Crippen molar-refractivity contribution in [1.29, 1.82) is 0 Å². The summed E-state index contributed by atoms with van der Waals surface area (Å²) in [6.07, 6.45) is 0. The van der Waals surface area contributed by atoms with Gasteiger partial charge in [-0.3, -0.25) is 0 Å². The molecule has 0 amide bonds. The van der Waals surface area contributed by atoms with Crippen LogP contribution in [-0.2, 0) is 0 Å². The van der Waals surface area contributed by atoms with Crippen molar-refractivity contribution in [3.63, 3.8) is 0 Å². The highest BCUT2D eigenvalue weighted by Gasteiger charge is 2.20. The average Bonchev–Trinajstić information content (AvgIpc) is 3.68. The Morgan fingerprint density at radius 1 is 0.348 bits per heavy atom. The van der Waals surface area contributed by atoms with E-state index in [4.69, 9.17) is 23.8 Å². The fraction of sp³-hybridized carbons (Fsp3) is 0. The molecule has 5 nitrogen and oxygen atoms in total. The van der Waals surface area contributed by atoms with E-state index in [0.29, 0.717) is 17.5 Å². The Morgan fingerprint density at radius 3 is 1.63 bits per heavy atom. The van der Waals surface area contributed by atoms with Crippen molar-refractivity contribution in [3.05, 3.63) is 140 Å². The van der Waals surface area contributed by atoms with Crippen molar-refractivity contribution in [2.45, 2.75) is 0 Å². The van der Waals surface area contributed by atoms with Crippen molar-refractivity contribution < 1.29 is 8.83 Å². The van der Waals surface area contributed by atoms with Crippen molar-refractivity contribution in [3.8, 4) is 34.2 Å². The van der Waals surface area contributed by atoms with Crippen LogP contribution in [0.15, 0.2) is 148 Å². The molecule has 0 atom stereocenters. The smallest absolute Gasteiger partial charge is 0.164 e. The van der Waals surface area contributed by atoms with Gasteiger partial charge in [-0.15, -0.1) is 0 Å². The van der Waals surface area contributed by atoms with Crippen LogP contribution in [0.3, 0.4) is 0 Å². The number of nitrogens with zero attached hydrogens (tertiary/aromatic N) is 3. The highest BCUT2D eigenvalue weighted by Crippen LogP contribution is 2.40. The van der Waals surface area contributed by atoms with E-state index in [2.05, 4.69) is 91.0 Å². The van der Waals surface area contributed by atoms with Crippen LogP contribution in [-0.4, -0.2) is 15.0 Å². The van der Waals surface area contributed by atoms with Crippen LogP contribution < -0.4 is 0 Å². The molecule has 10 aromatic rings. The molecule has 0 aliphatic carbocycles. The molecule has 3 heterocycles. The topological polar surface area (TPSA) is 65.0 Å². The third-order valence-corrected chi connectivity index (χ3v) is 8.89. The normalized spacial score (nSPS) is 11.9. The molecule has 0 saturated carbocycles. The minimum absolute atomic E-state index is 0.583. The van der Waals surface area contributed by atoms with Gasteiger partial charge in [0.1, 0.15) is 22.3 Å². The maximum atomic E-state index is 6.41. The summed E-state index contributed by atoms with van der Waals surface area (Å²) in [6, 6.07) is 47.6. The highest BCUT2D eigenvalue weighted by atomic mass is 16.3. The third-order valence-electron chi connectivity index (χ3n) is 8.89. The minimum atomic E-state index is 0.583. The molecule has 0 unspecified atom stereocenters. The minimum Gasteiger partial charge on any atom is -0.456 e. The summed E-state index contributed by atoms with van der Waals surface area (Å²) in [5.41, 5.74) is 5.95. The molecular formula is C41H23N3O2. The summed E-state index contributed by atoms with van der Waals surface area (Å²) in [4.78, 5) is 15.5. The summed E-state index contributed by atoms with van der Waals surface area (Å²) in [6.45, 7) is 0. The summed E-state index contributed by atoms with van der Waals surface area (Å²) in [5, 5.41) is 8.60. The first-order chi connectivity index (χ1) is 22.8. The van der Waals surface area contributed by atoms with Gasteiger partial charge in [-0.25, -0.2) is 15.0 Å². The second-order valence-corrected chi connectivity index (χ2v) is 11.6. The maximum Gasteiger partial charge on any atom is 0.164 e. The fourth-order valence-electron chi connectivity index (χ4n) is 6.73. The van der Waals surface area contributed by atoms with E-state index < -0.39 is 0 Å². The number of furan rings is 2. The van der Waals surface area contributed by atoms with Crippen molar-refractivity contribution in [2.24, 2.45) is 0 Å². The first kappa shape index (κ1) is 25.0. The predicted octanol–water partition coefficient (Wildman–Crippen LogP) is 11.0. The zero-order valence-electron chi connectivity index (χ0n) is 24.4. The van der Waals surface area contributed by atoms with E-state index in [9.17, 15) is 0 Å². The van der Waals surface area contributed by atoms with Crippen LogP contribution in [0.1, 0.15) is 0 Å². The number of aromatic nitrogens is 3. The highest BCUT2D eigenvalue weighted by molar-refractivity contribution is 6.15. The van der Waals surface area contributed by atoms with Crippen LogP contribution in [0.2, 0.25) is 0 Å². The van der Waals surface area contributed by atoms with E-state index in [0.717, 1.165) is 82.1 Å². The van der Waals surface area contributed by atoms with Crippen molar-refractivity contribution in [1.82, 2.24) is 15.0 Å². The number of hydrogen-bond acceptors (Lipinski definition) is 5. The molecule has 0 fully saturated rings. The lowest BCUT2D eigenvalue weighted by atomic mass is 10.0. The second-order valence-electron chi connectivity index (χ2n) is 11.6. The Kier molecular flexibility index (Phi) is 5.22. The van der Waals surface area contributed by atoms with Gasteiger partial charge in [0, 0.05) is 38.2 Å². The molecule has 0 saturated heterocycles. The molecule has 0 N–H and O–H groups in total. The van der Waals surface area contributed by atoms with Crippen LogP contribution in [0, 0.1) is 0 Å². The standard InChI is InChI=1S/C41H23N3O2/c1-2-10-25-21-28(20-19-24(25)9-1)39-42-40(30-14-7-17-34-37(30)29-13-5-6-16-33(29)45-34)44-41(43-39)31-15-8-18-35-38(31)32-22-26-11-3-4-12-27(26)23-36(32)46-35/h1-23H. The van der Waals surface area contributed by atoms with Gasteiger partial charge in [0.25, 0.3) is 0 Å². The van der Waals surface area contributed by atoms with Gasteiger partial charge < -0.3 is 8.83 Å². The maximum absolute atomic E-state index is 6.41. The van der Waals surface area contributed by atoms with Gasteiger partial charge in [0.15, 0.2) is 17.5 Å². The van der Waals surface area contributed by atoms with Gasteiger partial charge in [0.05, 0.1) is 0 Å². The number of fused-ring (bicyclic) bond motifs is 8. The zero-order chi connectivity index (χ0) is 30.2. The Hall–Kier alpha value is -6.33. The molecule has 0 aliphatic rings. The summed E-state index contributed by atoms with van der Waals surface area (Å²) in [7, 11) is 0. The molecule has 7 aromatic carbocycles. The van der Waals surface area contributed by atoms with Crippen molar-refractivity contribution >= 4 is 65.4 Å². The van der Waals surface area contributed by atoms with Gasteiger partial charge in [0.2, 0.25) is 0 Å². The molecule has 3 aromatic heterocycles. The lowest BCUT2D eigenvalue weighted by Crippen LogP contribution is -2.00. The Morgan fingerprint density at radius 2 is 0.891 bits per heavy atom. The van der Waals surface area contributed by atoms with Crippen molar-refractivity contribution in [2.75, 3.05) is 0 Å². The Bertz CT molecular complexity index is 2830. The largest absolute Gasteiger partial charge is 0.456 e. The molecule has 5 heteroatoms. The summed E-state index contributed by atoms with van der Waals surface area (Å²) >= 11 is 0. The molecule has 214 valence electrons. The second kappa shape index (κ2) is 9.58.